The Morgan fingerprint density at radius 3 is 2.67 bits per heavy atom. The zero-order valence-corrected chi connectivity index (χ0v) is 8.51. The van der Waals surface area contributed by atoms with Gasteiger partial charge in [0.1, 0.15) is 0 Å². The van der Waals surface area contributed by atoms with Crippen molar-refractivity contribution in [2.75, 3.05) is 27.7 Å². The quantitative estimate of drug-likeness (QED) is 0.631. The molecule has 1 atom stereocenters. The minimum absolute atomic E-state index is 0.736. The third-order valence-corrected chi connectivity index (χ3v) is 2.78. The van der Waals surface area contributed by atoms with Gasteiger partial charge in [-0.2, -0.15) is 0 Å². The van der Waals surface area contributed by atoms with Crippen LogP contribution >= 0.6 is 0 Å². The first-order chi connectivity index (χ1) is 5.61. The number of likely N-dealkylation sites (tertiary alicyclic amines) is 1. The summed E-state index contributed by atoms with van der Waals surface area (Å²) in [5.74, 6) is 0. The molecule has 12 heavy (non-hydrogen) atoms. The molecule has 0 aromatic heterocycles. The van der Waals surface area contributed by atoms with Crippen molar-refractivity contribution < 1.29 is 0 Å². The fourth-order valence-corrected chi connectivity index (χ4v) is 1.69. The maximum atomic E-state index is 4.05. The van der Waals surface area contributed by atoms with Crippen molar-refractivity contribution in [3.05, 3.63) is 12.3 Å². The summed E-state index contributed by atoms with van der Waals surface area (Å²) >= 11 is 0. The largest absolute Gasteiger partial charge is 0.381 e. The Balaban J connectivity index is 2.35. The molecular formula is C10H20N2. The molecule has 1 heterocycles. The Bertz CT molecular complexity index is 163. The van der Waals surface area contributed by atoms with Crippen molar-refractivity contribution >= 4 is 0 Å². The lowest BCUT2D eigenvalue weighted by Crippen LogP contribution is -2.27. The van der Waals surface area contributed by atoms with Gasteiger partial charge in [0.25, 0.3) is 0 Å². The first kappa shape index (κ1) is 9.59. The Morgan fingerprint density at radius 2 is 2.25 bits per heavy atom. The molecule has 1 rings (SSSR count). The topological polar surface area (TPSA) is 6.48 Å². The lowest BCUT2D eigenvalue weighted by atomic mass is 10.1. The van der Waals surface area contributed by atoms with Crippen LogP contribution in [0.15, 0.2) is 12.3 Å². The van der Waals surface area contributed by atoms with Crippen LogP contribution in [-0.2, 0) is 0 Å². The summed E-state index contributed by atoms with van der Waals surface area (Å²) in [6.07, 6.45) is 3.81. The molecule has 0 N–H and O–H groups in total. The molecule has 0 aromatic carbocycles. The van der Waals surface area contributed by atoms with Gasteiger partial charge in [-0.05, 0) is 26.4 Å². The van der Waals surface area contributed by atoms with Crippen molar-refractivity contribution in [1.82, 2.24) is 9.80 Å². The molecule has 0 bridgehead atoms. The summed E-state index contributed by atoms with van der Waals surface area (Å²) in [6, 6.07) is 0.736. The van der Waals surface area contributed by atoms with Gasteiger partial charge >= 0.3 is 0 Å². The summed E-state index contributed by atoms with van der Waals surface area (Å²) in [6.45, 7) is 5.31. The Morgan fingerprint density at radius 1 is 1.58 bits per heavy atom. The van der Waals surface area contributed by atoms with Gasteiger partial charge in [0, 0.05) is 32.3 Å². The highest BCUT2D eigenvalue weighted by molar-refractivity contribution is 4.96. The minimum atomic E-state index is 0.736. The fourth-order valence-electron chi connectivity index (χ4n) is 1.69. The molecule has 0 aromatic rings. The molecule has 0 aliphatic carbocycles. The van der Waals surface area contributed by atoms with Crippen molar-refractivity contribution in [3.63, 3.8) is 0 Å². The normalized spacial score (nSPS) is 24.4. The number of hydrogen-bond acceptors (Lipinski definition) is 2. The van der Waals surface area contributed by atoms with Gasteiger partial charge < -0.3 is 9.80 Å². The van der Waals surface area contributed by atoms with E-state index in [-0.39, 0.29) is 0 Å². The first-order valence-corrected chi connectivity index (χ1v) is 4.66. The van der Waals surface area contributed by atoms with E-state index in [1.165, 1.54) is 25.1 Å². The zero-order chi connectivity index (χ0) is 9.14. The van der Waals surface area contributed by atoms with Gasteiger partial charge in [0.15, 0.2) is 0 Å². The highest BCUT2D eigenvalue weighted by atomic mass is 15.2. The minimum Gasteiger partial charge on any atom is -0.381 e. The molecule has 2 nitrogen and oxygen atoms in total. The molecule has 1 fully saturated rings. The van der Waals surface area contributed by atoms with E-state index >= 15 is 0 Å². The molecule has 1 aliphatic heterocycles. The van der Waals surface area contributed by atoms with Crippen LogP contribution in [0.3, 0.4) is 0 Å². The average molecular weight is 168 g/mol. The van der Waals surface area contributed by atoms with Crippen LogP contribution in [0, 0.1) is 0 Å². The molecule has 1 saturated heterocycles. The summed E-state index contributed by atoms with van der Waals surface area (Å²) in [7, 11) is 6.34. The van der Waals surface area contributed by atoms with E-state index in [0.29, 0.717) is 0 Å². The smallest absolute Gasteiger partial charge is 0.0147 e. The maximum Gasteiger partial charge on any atom is 0.0147 e. The van der Waals surface area contributed by atoms with Crippen LogP contribution < -0.4 is 0 Å². The van der Waals surface area contributed by atoms with Gasteiger partial charge in [-0.15, -0.1) is 0 Å². The lowest BCUT2D eigenvalue weighted by molar-refractivity contribution is 0.293. The van der Waals surface area contributed by atoms with E-state index in [1.807, 2.05) is 0 Å². The third-order valence-electron chi connectivity index (χ3n) is 2.78. The highest BCUT2D eigenvalue weighted by Gasteiger charge is 2.21. The second-order valence-corrected chi connectivity index (χ2v) is 3.94. The molecule has 2 heteroatoms. The van der Waals surface area contributed by atoms with E-state index in [1.54, 1.807) is 0 Å². The number of rotatable bonds is 3. The summed E-state index contributed by atoms with van der Waals surface area (Å²) in [4.78, 5) is 4.56. The number of hydrogen-bond donors (Lipinski definition) is 0. The fraction of sp³-hybridized carbons (Fsp3) is 0.800. The summed E-state index contributed by atoms with van der Waals surface area (Å²) in [5, 5.41) is 0. The van der Waals surface area contributed by atoms with Crippen molar-refractivity contribution in [1.29, 1.82) is 0 Å². The van der Waals surface area contributed by atoms with E-state index in [0.717, 1.165) is 12.5 Å². The van der Waals surface area contributed by atoms with Gasteiger partial charge in [-0.1, -0.05) is 6.58 Å². The Labute approximate surface area is 75.8 Å². The molecule has 1 aliphatic rings. The highest BCUT2D eigenvalue weighted by Crippen LogP contribution is 2.21. The molecule has 0 amide bonds. The van der Waals surface area contributed by atoms with Crippen molar-refractivity contribution in [2.45, 2.75) is 25.3 Å². The molecule has 0 radical (unpaired) electrons. The number of nitrogens with zero attached hydrogens (tertiary/aromatic N) is 2. The summed E-state index contributed by atoms with van der Waals surface area (Å²) < 4.78 is 0. The van der Waals surface area contributed by atoms with Gasteiger partial charge in [0.05, 0.1) is 0 Å². The van der Waals surface area contributed by atoms with Crippen LogP contribution in [0.4, 0.5) is 0 Å². The second-order valence-electron chi connectivity index (χ2n) is 3.94. The van der Waals surface area contributed by atoms with Gasteiger partial charge in [-0.3, -0.25) is 0 Å². The average Bonchev–Trinajstić information content (AvgIpc) is 2.36. The van der Waals surface area contributed by atoms with E-state index in [9.17, 15) is 0 Å². The van der Waals surface area contributed by atoms with Gasteiger partial charge in [0.2, 0.25) is 0 Å². The summed E-state index contributed by atoms with van der Waals surface area (Å²) in [5.41, 5.74) is 1.24. The SMILES string of the molecule is C=C(CC1CCCN1C)N(C)C. The van der Waals surface area contributed by atoms with Crippen LogP contribution in [0.25, 0.3) is 0 Å². The Kier molecular flexibility index (Phi) is 3.15. The lowest BCUT2D eigenvalue weighted by Gasteiger charge is -2.23. The molecule has 1 unspecified atom stereocenters. The van der Waals surface area contributed by atoms with E-state index in [2.05, 4.69) is 37.5 Å². The monoisotopic (exact) mass is 168 g/mol. The van der Waals surface area contributed by atoms with E-state index < -0.39 is 0 Å². The Hall–Kier alpha value is -0.500. The van der Waals surface area contributed by atoms with Crippen LogP contribution in [0.2, 0.25) is 0 Å². The first-order valence-electron chi connectivity index (χ1n) is 4.66. The van der Waals surface area contributed by atoms with Crippen molar-refractivity contribution in [3.8, 4) is 0 Å². The predicted molar refractivity (Wildman–Crippen MR) is 53.1 cm³/mol. The van der Waals surface area contributed by atoms with Crippen molar-refractivity contribution in [2.24, 2.45) is 0 Å². The molecule has 0 saturated carbocycles. The molecular weight excluding hydrogens is 148 g/mol. The van der Waals surface area contributed by atoms with Gasteiger partial charge in [-0.25, -0.2) is 0 Å². The zero-order valence-electron chi connectivity index (χ0n) is 8.51. The second kappa shape index (κ2) is 3.94. The third kappa shape index (κ3) is 2.24. The van der Waals surface area contributed by atoms with Crippen LogP contribution in [0.1, 0.15) is 19.3 Å². The van der Waals surface area contributed by atoms with E-state index in [4.69, 9.17) is 0 Å². The molecule has 0 spiro atoms. The maximum absolute atomic E-state index is 4.05. The van der Waals surface area contributed by atoms with Crippen LogP contribution in [0.5, 0.6) is 0 Å². The predicted octanol–water partition coefficient (Wildman–Crippen LogP) is 1.55. The molecule has 70 valence electrons. The standard InChI is InChI=1S/C10H20N2/c1-9(11(2)3)8-10-6-5-7-12(10)4/h10H,1,5-8H2,2-4H3. The van der Waals surface area contributed by atoms with Crippen LogP contribution in [-0.4, -0.2) is 43.5 Å².